The van der Waals surface area contributed by atoms with Crippen molar-refractivity contribution in [3.05, 3.63) is 12.0 Å². The molecule has 0 aromatic rings. The van der Waals surface area contributed by atoms with Crippen LogP contribution in [-0.4, -0.2) is 46.3 Å². The molecule has 0 bridgehead atoms. The third-order valence-electron chi connectivity index (χ3n) is 1.38. The van der Waals surface area contributed by atoms with Crippen molar-refractivity contribution in [1.29, 1.82) is 0 Å². The van der Waals surface area contributed by atoms with Crippen LogP contribution in [0.25, 0.3) is 0 Å². The molecule has 8 nitrogen and oxygen atoms in total. The molecule has 0 rings (SSSR count). The van der Waals surface area contributed by atoms with Crippen LogP contribution in [0.1, 0.15) is 6.42 Å². The van der Waals surface area contributed by atoms with Crippen LogP contribution >= 0.6 is 0 Å². The van der Waals surface area contributed by atoms with E-state index >= 15 is 0 Å². The molecule has 0 fully saturated rings. The van der Waals surface area contributed by atoms with Gasteiger partial charge in [-0.25, -0.2) is 4.79 Å². The Kier molecular flexibility index (Phi) is 17.8. The number of ether oxygens (including phenoxy) is 4. The summed E-state index contributed by atoms with van der Waals surface area (Å²) in [6.45, 7) is 0. The predicted octanol–water partition coefficient (Wildman–Crippen LogP) is -4.27. The smallest absolute Gasteiger partial charge is 0.616 e. The van der Waals surface area contributed by atoms with Crippen LogP contribution in [0.2, 0.25) is 0 Å². The van der Waals surface area contributed by atoms with Crippen molar-refractivity contribution < 1.29 is 68.0 Å². The van der Waals surface area contributed by atoms with E-state index in [2.05, 4.69) is 18.9 Å². The van der Waals surface area contributed by atoms with Gasteiger partial charge >= 0.3 is 47.5 Å². The summed E-state index contributed by atoms with van der Waals surface area (Å²) in [6.07, 6.45) is 0.410. The van der Waals surface area contributed by atoms with Crippen molar-refractivity contribution in [2.24, 2.45) is 0 Å². The van der Waals surface area contributed by atoms with E-state index in [1.54, 1.807) is 0 Å². The van der Waals surface area contributed by atoms with Crippen LogP contribution < -0.4 is 34.7 Å². The summed E-state index contributed by atoms with van der Waals surface area (Å²) in [5.74, 6) is -2.58. The van der Waals surface area contributed by atoms with Crippen LogP contribution in [0.3, 0.4) is 0 Å². The Balaban J connectivity index is -0.000000256. The van der Waals surface area contributed by atoms with Gasteiger partial charge in [0, 0.05) is 6.08 Å². The van der Waals surface area contributed by atoms with Crippen LogP contribution in [0.15, 0.2) is 12.0 Å². The zero-order valence-corrected chi connectivity index (χ0v) is 13.6. The monoisotopic (exact) mass is 286 g/mol. The van der Waals surface area contributed by atoms with E-state index in [-0.39, 0.29) is 36.0 Å². The fourth-order valence-electron chi connectivity index (χ4n) is 0.476. The average Bonchev–Trinajstić information content (AvgIpc) is 2.38. The van der Waals surface area contributed by atoms with Gasteiger partial charge < -0.3 is 24.1 Å². The summed E-state index contributed by atoms with van der Waals surface area (Å²) in [4.78, 5) is 30.7. The summed E-state index contributed by atoms with van der Waals surface area (Å²) < 4.78 is 16.6. The van der Waals surface area contributed by atoms with Crippen molar-refractivity contribution >= 4 is 17.9 Å². The molecule has 0 spiro atoms. The number of carbonyl (C=O) groups is 3. The van der Waals surface area contributed by atoms with E-state index in [1.807, 2.05) is 0 Å². The third-order valence-corrected chi connectivity index (χ3v) is 1.38. The summed E-state index contributed by atoms with van der Waals surface area (Å²) >= 11 is 0. The molecule has 0 atom stereocenters. The van der Waals surface area contributed by atoms with E-state index < -0.39 is 23.9 Å². The second-order valence-corrected chi connectivity index (χ2v) is 2.52. The molecule has 0 amide bonds. The first kappa shape index (κ1) is 22.9. The molecule has 0 radical (unpaired) electrons. The van der Waals surface area contributed by atoms with Gasteiger partial charge in [-0.3, -0.25) is 9.59 Å². The number of rotatable bonds is 4. The minimum Gasteiger partial charge on any atom is -0.616 e. The van der Waals surface area contributed by atoms with Crippen molar-refractivity contribution in [3.8, 4) is 0 Å². The second-order valence-electron chi connectivity index (χ2n) is 2.52. The minimum absolute atomic E-state index is 0. The number of methoxy groups -OCH3 is 4. The Morgan fingerprint density at radius 2 is 1.32 bits per heavy atom. The topological polar surface area (TPSA) is 111 Å². The van der Waals surface area contributed by atoms with Gasteiger partial charge in [-0.05, 0) is 7.11 Å². The van der Waals surface area contributed by atoms with Crippen LogP contribution in [0.4, 0.5) is 0 Å². The molecular weight excluding hydrogens is 271 g/mol. The quantitative estimate of drug-likeness (QED) is 0.127. The SMILES string of the molecule is COC(=O)/C=C(\[O-])OC.COC(=O)CC(=O)OC.[Na+]. The molecule has 0 aromatic heterocycles. The fraction of sp³-hybridized carbons (Fsp3) is 0.500. The molecule has 0 aliphatic heterocycles. The largest absolute Gasteiger partial charge is 1.00 e. The second kappa shape index (κ2) is 14.8. The first-order valence-corrected chi connectivity index (χ1v) is 4.55. The fourth-order valence-corrected chi connectivity index (χ4v) is 0.476. The molecule has 9 heteroatoms. The van der Waals surface area contributed by atoms with Crippen molar-refractivity contribution in [1.82, 2.24) is 0 Å². The molecule has 0 aliphatic carbocycles. The standard InChI is InChI=1S/2C5H8O4.Na/c2*1-8-4(6)3-5(7)9-2;/h3H2,1-2H3;3,6H,1-2H3;/q;;+1/p-1/b;4-3+;. The molecule has 0 saturated carbocycles. The molecule has 0 N–H and O–H groups in total. The summed E-state index contributed by atoms with van der Waals surface area (Å²) in [5, 5.41) is 10.2. The summed E-state index contributed by atoms with van der Waals surface area (Å²) in [5.41, 5.74) is 0. The van der Waals surface area contributed by atoms with Gasteiger partial charge in [0.2, 0.25) is 0 Å². The number of hydrogen-bond acceptors (Lipinski definition) is 8. The van der Waals surface area contributed by atoms with Crippen molar-refractivity contribution in [2.75, 3.05) is 28.4 Å². The maximum absolute atomic E-state index is 10.3. The summed E-state index contributed by atoms with van der Waals surface area (Å²) in [7, 11) is 4.79. The maximum Gasteiger partial charge on any atom is 1.00 e. The molecule has 0 saturated heterocycles. The Morgan fingerprint density at radius 3 is 1.58 bits per heavy atom. The molecule has 0 heterocycles. The number of hydrogen-bond donors (Lipinski definition) is 0. The van der Waals surface area contributed by atoms with Gasteiger partial charge in [0.25, 0.3) is 0 Å². The van der Waals surface area contributed by atoms with Crippen LogP contribution in [0.5, 0.6) is 0 Å². The zero-order valence-electron chi connectivity index (χ0n) is 11.6. The number of carbonyl (C=O) groups excluding carboxylic acids is 3. The first-order chi connectivity index (χ1) is 8.40. The molecule has 104 valence electrons. The van der Waals surface area contributed by atoms with Gasteiger partial charge in [-0.1, -0.05) is 0 Å². The Labute approximate surface area is 132 Å². The molecule has 19 heavy (non-hydrogen) atoms. The maximum atomic E-state index is 10.3. The molecule has 0 aliphatic rings. The van der Waals surface area contributed by atoms with Gasteiger partial charge in [0.15, 0.2) is 0 Å². The van der Waals surface area contributed by atoms with E-state index in [9.17, 15) is 19.5 Å². The van der Waals surface area contributed by atoms with E-state index in [4.69, 9.17) is 0 Å². The third kappa shape index (κ3) is 16.8. The van der Waals surface area contributed by atoms with Crippen molar-refractivity contribution in [3.63, 3.8) is 0 Å². The average molecular weight is 286 g/mol. The van der Waals surface area contributed by atoms with Gasteiger partial charge in [0.1, 0.15) is 6.42 Å². The molecule has 0 unspecified atom stereocenters. The normalized spacial score (nSPS) is 8.95. The Morgan fingerprint density at radius 1 is 0.895 bits per heavy atom. The van der Waals surface area contributed by atoms with E-state index in [0.717, 1.165) is 6.08 Å². The number of esters is 3. The van der Waals surface area contributed by atoms with Gasteiger partial charge in [0.05, 0.1) is 27.3 Å². The minimum atomic E-state index is -0.707. The van der Waals surface area contributed by atoms with E-state index in [1.165, 1.54) is 28.4 Å². The van der Waals surface area contributed by atoms with E-state index in [0.29, 0.717) is 0 Å². The predicted molar refractivity (Wildman–Crippen MR) is 55.8 cm³/mol. The first-order valence-electron chi connectivity index (χ1n) is 4.55. The van der Waals surface area contributed by atoms with Gasteiger partial charge in [-0.2, -0.15) is 0 Å². The zero-order chi connectivity index (χ0) is 14.6. The van der Waals surface area contributed by atoms with Gasteiger partial charge in [-0.15, -0.1) is 0 Å². The summed E-state index contributed by atoms with van der Waals surface area (Å²) in [6, 6.07) is 0. The molecular formula is C10H15NaO8. The van der Waals surface area contributed by atoms with Crippen LogP contribution in [0, 0.1) is 0 Å². The molecule has 0 aromatic carbocycles. The van der Waals surface area contributed by atoms with Crippen molar-refractivity contribution in [2.45, 2.75) is 6.42 Å². The Hall–Kier alpha value is -1.25. The van der Waals surface area contributed by atoms with Crippen LogP contribution in [-0.2, 0) is 33.3 Å². The Bertz CT molecular complexity index is 299.